The topological polar surface area (TPSA) is 110 Å². The summed E-state index contributed by atoms with van der Waals surface area (Å²) in [5.41, 5.74) is 2.22. The molecule has 0 bridgehead atoms. The quantitative estimate of drug-likeness (QED) is 0.613. The van der Waals surface area contributed by atoms with E-state index in [1.807, 2.05) is 0 Å². The molecule has 0 aliphatic rings. The zero-order valence-corrected chi connectivity index (χ0v) is 16.7. The summed E-state index contributed by atoms with van der Waals surface area (Å²) in [7, 11) is 1.56. The molecule has 1 aromatic heterocycles. The number of hydrogen-bond acceptors (Lipinski definition) is 5. The van der Waals surface area contributed by atoms with Gasteiger partial charge in [0.25, 0.3) is 11.8 Å². The zero-order chi connectivity index (χ0) is 21.8. The van der Waals surface area contributed by atoms with E-state index in [1.54, 1.807) is 55.6 Å². The molecule has 8 heteroatoms. The van der Waals surface area contributed by atoms with E-state index >= 15 is 0 Å². The summed E-state index contributed by atoms with van der Waals surface area (Å²) < 4.78 is 1.31. The fourth-order valence-corrected chi connectivity index (χ4v) is 2.84. The zero-order valence-electron chi connectivity index (χ0n) is 16.7. The number of carbonyl (C=O) groups is 4. The second-order valence-electron chi connectivity index (χ2n) is 6.71. The molecule has 0 unspecified atom stereocenters. The smallest absolute Gasteiger partial charge is 0.274 e. The van der Waals surface area contributed by atoms with Gasteiger partial charge in [0, 0.05) is 29.5 Å². The third-order valence-electron chi connectivity index (χ3n) is 4.50. The van der Waals surface area contributed by atoms with Gasteiger partial charge in [-0.05, 0) is 62.4 Å². The van der Waals surface area contributed by atoms with E-state index < -0.39 is 11.8 Å². The fourth-order valence-electron chi connectivity index (χ4n) is 2.84. The van der Waals surface area contributed by atoms with Gasteiger partial charge in [-0.3, -0.25) is 23.9 Å². The minimum absolute atomic E-state index is 0.0737. The molecule has 0 radical (unpaired) electrons. The van der Waals surface area contributed by atoms with Crippen LogP contribution in [0.5, 0.6) is 0 Å². The van der Waals surface area contributed by atoms with Gasteiger partial charge >= 0.3 is 0 Å². The molecule has 0 atom stereocenters. The predicted molar refractivity (Wildman–Crippen MR) is 112 cm³/mol. The molecular formula is C22H20N4O4. The van der Waals surface area contributed by atoms with E-state index in [4.69, 9.17) is 0 Å². The van der Waals surface area contributed by atoms with Crippen LogP contribution in [0.1, 0.15) is 55.4 Å². The Kier molecular flexibility index (Phi) is 5.87. The van der Waals surface area contributed by atoms with Gasteiger partial charge in [-0.1, -0.05) is 0 Å². The summed E-state index contributed by atoms with van der Waals surface area (Å²) in [6, 6.07) is 12.9. The molecule has 2 aromatic carbocycles. The summed E-state index contributed by atoms with van der Waals surface area (Å²) in [5, 5.41) is 9.42. The Morgan fingerprint density at radius 2 is 1.17 bits per heavy atom. The van der Waals surface area contributed by atoms with Crippen molar-refractivity contribution in [3.63, 3.8) is 0 Å². The lowest BCUT2D eigenvalue weighted by Gasteiger charge is -2.09. The van der Waals surface area contributed by atoms with Gasteiger partial charge in [0.1, 0.15) is 5.69 Å². The van der Waals surface area contributed by atoms with Gasteiger partial charge in [-0.15, -0.1) is 0 Å². The summed E-state index contributed by atoms with van der Waals surface area (Å²) >= 11 is 0. The van der Waals surface area contributed by atoms with Crippen molar-refractivity contribution in [3.8, 4) is 0 Å². The van der Waals surface area contributed by atoms with Crippen molar-refractivity contribution in [1.82, 2.24) is 9.78 Å². The first kappa shape index (κ1) is 20.7. The number of aromatic nitrogens is 2. The Labute approximate surface area is 172 Å². The lowest BCUT2D eigenvalue weighted by atomic mass is 10.1. The SMILES string of the molecule is CC(=O)c1ccc(NC(=O)c2cnn(C)c2C(=O)Nc2ccc(C(C)=O)cc2)cc1. The first-order valence-electron chi connectivity index (χ1n) is 9.13. The van der Waals surface area contributed by atoms with Crippen LogP contribution < -0.4 is 10.6 Å². The average Bonchev–Trinajstić information content (AvgIpc) is 3.10. The molecule has 152 valence electrons. The maximum absolute atomic E-state index is 12.8. The molecule has 0 saturated heterocycles. The number of amides is 2. The highest BCUT2D eigenvalue weighted by Crippen LogP contribution is 2.17. The minimum atomic E-state index is -0.511. The van der Waals surface area contributed by atoms with Crippen LogP contribution in [-0.2, 0) is 7.05 Å². The Bertz CT molecular complexity index is 1130. The number of benzene rings is 2. The lowest BCUT2D eigenvalue weighted by molar-refractivity contribution is 0.0985. The van der Waals surface area contributed by atoms with E-state index in [2.05, 4.69) is 15.7 Å². The molecule has 3 aromatic rings. The van der Waals surface area contributed by atoms with Crippen LogP contribution in [0.15, 0.2) is 54.7 Å². The van der Waals surface area contributed by atoms with Crippen LogP contribution in [0.3, 0.4) is 0 Å². The highest BCUT2D eigenvalue weighted by Gasteiger charge is 2.22. The fraction of sp³-hybridized carbons (Fsp3) is 0.136. The number of aryl methyl sites for hydroxylation is 1. The maximum atomic E-state index is 12.8. The highest BCUT2D eigenvalue weighted by atomic mass is 16.2. The molecule has 0 fully saturated rings. The van der Waals surface area contributed by atoms with Crippen molar-refractivity contribution < 1.29 is 19.2 Å². The summed E-state index contributed by atoms with van der Waals surface area (Å²) in [6.07, 6.45) is 1.31. The number of carbonyl (C=O) groups excluding carboxylic acids is 4. The number of Topliss-reactive ketones (excluding diaryl/α,β-unsaturated/α-hetero) is 2. The summed E-state index contributed by atoms with van der Waals surface area (Å²) in [5.74, 6) is -1.16. The molecule has 2 amide bonds. The number of nitrogens with one attached hydrogen (secondary N) is 2. The number of ketones is 2. The van der Waals surface area contributed by atoms with Crippen molar-refractivity contribution in [2.75, 3.05) is 10.6 Å². The standard InChI is InChI=1S/C22H20N4O4/c1-13(27)15-4-8-17(9-5-15)24-21(29)19-12-23-26(3)20(19)22(30)25-18-10-6-16(7-11-18)14(2)28/h4-12H,1-3H3,(H,24,29)(H,25,30). The van der Waals surface area contributed by atoms with E-state index in [-0.39, 0.29) is 22.8 Å². The van der Waals surface area contributed by atoms with Crippen LogP contribution in [0, 0.1) is 0 Å². The molecular weight excluding hydrogens is 384 g/mol. The van der Waals surface area contributed by atoms with Crippen LogP contribution in [0.4, 0.5) is 11.4 Å². The normalized spacial score (nSPS) is 10.4. The van der Waals surface area contributed by atoms with Crippen molar-refractivity contribution in [3.05, 3.63) is 77.1 Å². The van der Waals surface area contributed by atoms with Gasteiger partial charge in [0.15, 0.2) is 11.6 Å². The van der Waals surface area contributed by atoms with E-state index in [9.17, 15) is 19.2 Å². The lowest BCUT2D eigenvalue weighted by Crippen LogP contribution is -2.22. The van der Waals surface area contributed by atoms with E-state index in [0.29, 0.717) is 22.5 Å². The largest absolute Gasteiger partial charge is 0.322 e. The molecule has 0 aliphatic heterocycles. The molecule has 0 saturated carbocycles. The number of hydrogen-bond donors (Lipinski definition) is 2. The number of rotatable bonds is 6. The number of nitrogens with zero attached hydrogens (tertiary/aromatic N) is 2. The molecule has 3 rings (SSSR count). The molecule has 2 N–H and O–H groups in total. The van der Waals surface area contributed by atoms with Crippen molar-refractivity contribution in [1.29, 1.82) is 0 Å². The van der Waals surface area contributed by atoms with Crippen LogP contribution >= 0.6 is 0 Å². The Hall–Kier alpha value is -4.07. The second-order valence-corrected chi connectivity index (χ2v) is 6.71. The van der Waals surface area contributed by atoms with Gasteiger partial charge in [-0.2, -0.15) is 5.10 Å². The van der Waals surface area contributed by atoms with Gasteiger partial charge in [0.05, 0.1) is 11.8 Å². The minimum Gasteiger partial charge on any atom is -0.322 e. The number of anilines is 2. The molecule has 8 nitrogen and oxygen atoms in total. The first-order valence-corrected chi connectivity index (χ1v) is 9.13. The molecule has 0 spiro atoms. The molecule has 30 heavy (non-hydrogen) atoms. The van der Waals surface area contributed by atoms with Crippen LogP contribution in [0.2, 0.25) is 0 Å². The predicted octanol–water partition coefficient (Wildman–Crippen LogP) is 3.33. The van der Waals surface area contributed by atoms with Gasteiger partial charge in [0.2, 0.25) is 0 Å². The Morgan fingerprint density at radius 1 is 0.733 bits per heavy atom. The summed E-state index contributed by atoms with van der Waals surface area (Å²) in [4.78, 5) is 48.2. The van der Waals surface area contributed by atoms with Crippen molar-refractivity contribution in [2.45, 2.75) is 13.8 Å². The third-order valence-corrected chi connectivity index (χ3v) is 4.50. The van der Waals surface area contributed by atoms with E-state index in [1.165, 1.54) is 24.7 Å². The van der Waals surface area contributed by atoms with Crippen molar-refractivity contribution >= 4 is 34.8 Å². The third kappa shape index (κ3) is 4.49. The average molecular weight is 404 g/mol. The maximum Gasteiger partial charge on any atom is 0.274 e. The monoisotopic (exact) mass is 404 g/mol. The van der Waals surface area contributed by atoms with Gasteiger partial charge in [-0.25, -0.2) is 0 Å². The highest BCUT2D eigenvalue weighted by molar-refractivity contribution is 6.14. The van der Waals surface area contributed by atoms with E-state index in [0.717, 1.165) is 0 Å². The molecule has 0 aliphatic carbocycles. The Balaban J connectivity index is 1.77. The molecule has 1 heterocycles. The summed E-state index contributed by atoms with van der Waals surface area (Å²) in [6.45, 7) is 2.92. The first-order chi connectivity index (χ1) is 14.3. The Morgan fingerprint density at radius 3 is 1.60 bits per heavy atom. The van der Waals surface area contributed by atoms with Crippen molar-refractivity contribution in [2.24, 2.45) is 7.05 Å². The second kappa shape index (κ2) is 8.52. The van der Waals surface area contributed by atoms with Crippen LogP contribution in [-0.4, -0.2) is 33.2 Å². The van der Waals surface area contributed by atoms with Gasteiger partial charge < -0.3 is 10.6 Å². The van der Waals surface area contributed by atoms with Crippen LogP contribution in [0.25, 0.3) is 0 Å².